The summed E-state index contributed by atoms with van der Waals surface area (Å²) in [5, 5.41) is 15.0. The van der Waals surface area contributed by atoms with Crippen molar-refractivity contribution < 1.29 is 14.3 Å². The van der Waals surface area contributed by atoms with Gasteiger partial charge in [0.2, 0.25) is 17.9 Å². The highest BCUT2D eigenvalue weighted by molar-refractivity contribution is 8.00. The number of rotatable bonds is 7. The van der Waals surface area contributed by atoms with Gasteiger partial charge in [-0.25, -0.2) is 4.68 Å². The van der Waals surface area contributed by atoms with Crippen LogP contribution in [0.1, 0.15) is 26.3 Å². The van der Waals surface area contributed by atoms with E-state index in [0.29, 0.717) is 23.4 Å². The Morgan fingerprint density at radius 3 is 2.92 bits per heavy atom. The lowest BCUT2D eigenvalue weighted by atomic mass is 10.2. The summed E-state index contributed by atoms with van der Waals surface area (Å²) >= 11 is 1.35. The molecule has 1 atom stereocenters. The molecule has 0 saturated heterocycles. The minimum atomic E-state index is -0.300. The zero-order valence-corrected chi connectivity index (χ0v) is 15.2. The van der Waals surface area contributed by atoms with Crippen molar-refractivity contribution in [2.24, 2.45) is 5.92 Å². The number of nitrogens with one attached hydrogen (secondary N) is 1. The van der Waals surface area contributed by atoms with Crippen LogP contribution in [0.5, 0.6) is 11.5 Å². The van der Waals surface area contributed by atoms with Crippen LogP contribution in [0, 0.1) is 5.92 Å². The van der Waals surface area contributed by atoms with Gasteiger partial charge >= 0.3 is 0 Å². The fourth-order valence-corrected chi connectivity index (χ4v) is 3.16. The van der Waals surface area contributed by atoms with Gasteiger partial charge in [0.15, 0.2) is 11.5 Å². The van der Waals surface area contributed by atoms with Crippen LogP contribution >= 0.6 is 11.8 Å². The second-order valence-corrected chi connectivity index (χ2v) is 7.51. The summed E-state index contributed by atoms with van der Waals surface area (Å²) in [6, 6.07) is 5.64. The van der Waals surface area contributed by atoms with Crippen LogP contribution in [0.2, 0.25) is 0 Å². The van der Waals surface area contributed by atoms with Crippen molar-refractivity contribution in [1.29, 1.82) is 0 Å². The van der Waals surface area contributed by atoms with Crippen molar-refractivity contribution in [2.45, 2.75) is 44.3 Å². The van der Waals surface area contributed by atoms with Gasteiger partial charge in [0.1, 0.15) is 0 Å². The van der Waals surface area contributed by atoms with E-state index in [1.54, 1.807) is 4.68 Å². The molecule has 9 heteroatoms. The number of amides is 1. The lowest BCUT2D eigenvalue weighted by Gasteiger charge is -2.12. The van der Waals surface area contributed by atoms with Gasteiger partial charge < -0.3 is 14.8 Å². The van der Waals surface area contributed by atoms with Gasteiger partial charge in [0.05, 0.1) is 5.25 Å². The Morgan fingerprint density at radius 2 is 2.12 bits per heavy atom. The minimum Gasteiger partial charge on any atom is -0.454 e. The molecule has 134 valence electrons. The van der Waals surface area contributed by atoms with E-state index in [9.17, 15) is 4.79 Å². The van der Waals surface area contributed by atoms with E-state index in [2.05, 4.69) is 34.7 Å². The number of carbonyl (C=O) groups excluding carboxylic acids is 1. The first kappa shape index (κ1) is 17.5. The maximum atomic E-state index is 12.3. The first-order valence-corrected chi connectivity index (χ1v) is 9.00. The summed E-state index contributed by atoms with van der Waals surface area (Å²) in [6.07, 6.45) is 0. The Morgan fingerprint density at radius 1 is 1.32 bits per heavy atom. The third-order valence-electron chi connectivity index (χ3n) is 3.59. The second kappa shape index (κ2) is 7.73. The average molecular weight is 363 g/mol. The summed E-state index contributed by atoms with van der Waals surface area (Å²) in [5.74, 6) is 1.80. The van der Waals surface area contributed by atoms with Crippen LogP contribution in [0.3, 0.4) is 0 Å². The average Bonchev–Trinajstić information content (AvgIpc) is 3.21. The standard InChI is InChI=1S/C16H21N5O3S/c1-10(2)8-21-16(18-19-20-21)25-11(3)15(22)17-7-12-4-5-13-14(6-12)24-9-23-13/h4-6,10-11H,7-9H2,1-3H3,(H,17,22). The summed E-state index contributed by atoms with van der Waals surface area (Å²) in [7, 11) is 0. The van der Waals surface area contributed by atoms with E-state index >= 15 is 0 Å². The van der Waals surface area contributed by atoms with Gasteiger partial charge in [-0.15, -0.1) is 5.10 Å². The van der Waals surface area contributed by atoms with Crippen molar-refractivity contribution in [1.82, 2.24) is 25.5 Å². The number of thioether (sulfide) groups is 1. The van der Waals surface area contributed by atoms with Crippen LogP contribution in [0.15, 0.2) is 23.4 Å². The molecule has 0 saturated carbocycles. The molecule has 0 radical (unpaired) electrons. The predicted molar refractivity (Wildman–Crippen MR) is 92.4 cm³/mol. The highest BCUT2D eigenvalue weighted by atomic mass is 32.2. The molecule has 8 nitrogen and oxygen atoms in total. The number of carbonyl (C=O) groups is 1. The first-order chi connectivity index (χ1) is 12.0. The van der Waals surface area contributed by atoms with E-state index in [0.717, 1.165) is 17.9 Å². The molecule has 1 unspecified atom stereocenters. The maximum Gasteiger partial charge on any atom is 0.233 e. The molecule has 2 heterocycles. The molecule has 1 aromatic heterocycles. The molecule has 1 aromatic carbocycles. The van der Waals surface area contributed by atoms with Crippen molar-refractivity contribution in [3.8, 4) is 11.5 Å². The molecule has 3 rings (SSSR count). The fraction of sp³-hybridized carbons (Fsp3) is 0.500. The SMILES string of the molecule is CC(C)Cn1nnnc1SC(C)C(=O)NCc1ccc2c(c1)OCO2. The fourth-order valence-electron chi connectivity index (χ4n) is 2.34. The molecule has 1 amide bonds. The van der Waals surface area contributed by atoms with Crippen molar-refractivity contribution in [2.75, 3.05) is 6.79 Å². The van der Waals surface area contributed by atoms with Crippen LogP contribution in [-0.4, -0.2) is 38.2 Å². The van der Waals surface area contributed by atoms with Gasteiger partial charge in [0, 0.05) is 13.1 Å². The van der Waals surface area contributed by atoms with Crippen LogP contribution in [0.25, 0.3) is 0 Å². The van der Waals surface area contributed by atoms with E-state index in [4.69, 9.17) is 9.47 Å². The molecule has 0 spiro atoms. The summed E-state index contributed by atoms with van der Waals surface area (Å²) in [6.45, 7) is 7.42. The maximum absolute atomic E-state index is 12.3. The molecular formula is C16H21N5O3S. The molecule has 1 aliphatic rings. The zero-order valence-electron chi connectivity index (χ0n) is 14.4. The minimum absolute atomic E-state index is 0.0678. The number of fused-ring (bicyclic) bond motifs is 1. The van der Waals surface area contributed by atoms with Crippen molar-refractivity contribution in [3.63, 3.8) is 0 Å². The second-order valence-electron chi connectivity index (χ2n) is 6.20. The van der Waals surface area contributed by atoms with E-state index in [-0.39, 0.29) is 18.0 Å². The largest absolute Gasteiger partial charge is 0.454 e. The van der Waals surface area contributed by atoms with Crippen LogP contribution < -0.4 is 14.8 Å². The highest BCUT2D eigenvalue weighted by Gasteiger charge is 2.19. The lowest BCUT2D eigenvalue weighted by Crippen LogP contribution is -2.30. The smallest absolute Gasteiger partial charge is 0.233 e. The summed E-state index contributed by atoms with van der Waals surface area (Å²) in [4.78, 5) is 12.3. The molecule has 25 heavy (non-hydrogen) atoms. The van der Waals surface area contributed by atoms with Crippen molar-refractivity contribution >= 4 is 17.7 Å². The van der Waals surface area contributed by atoms with E-state index in [1.165, 1.54) is 11.8 Å². The molecule has 1 N–H and O–H groups in total. The van der Waals surface area contributed by atoms with Gasteiger partial charge in [-0.2, -0.15) is 0 Å². The zero-order chi connectivity index (χ0) is 17.8. The molecule has 0 fully saturated rings. The van der Waals surface area contributed by atoms with Gasteiger partial charge in [-0.3, -0.25) is 4.79 Å². The molecule has 0 bridgehead atoms. The van der Waals surface area contributed by atoms with Gasteiger partial charge in [0.25, 0.3) is 0 Å². The molecule has 0 aliphatic carbocycles. The third-order valence-corrected chi connectivity index (χ3v) is 4.66. The Kier molecular flexibility index (Phi) is 5.42. The Hall–Kier alpha value is -2.29. The monoisotopic (exact) mass is 363 g/mol. The number of nitrogens with zero attached hydrogens (tertiary/aromatic N) is 4. The third kappa shape index (κ3) is 4.41. The van der Waals surface area contributed by atoms with Gasteiger partial charge in [-0.05, 0) is 41.0 Å². The molecule has 2 aromatic rings. The van der Waals surface area contributed by atoms with Crippen LogP contribution in [-0.2, 0) is 17.9 Å². The van der Waals surface area contributed by atoms with E-state index < -0.39 is 0 Å². The quantitative estimate of drug-likeness (QED) is 0.751. The van der Waals surface area contributed by atoms with Crippen molar-refractivity contribution in [3.05, 3.63) is 23.8 Å². The topological polar surface area (TPSA) is 91.2 Å². The number of tetrazole rings is 1. The number of ether oxygens (including phenoxy) is 2. The number of hydrogen-bond donors (Lipinski definition) is 1. The summed E-state index contributed by atoms with van der Waals surface area (Å²) < 4.78 is 12.4. The van der Waals surface area contributed by atoms with Crippen LogP contribution in [0.4, 0.5) is 0 Å². The Labute approximate surface area is 150 Å². The Bertz CT molecular complexity index is 749. The number of hydrogen-bond acceptors (Lipinski definition) is 7. The Balaban J connectivity index is 1.53. The highest BCUT2D eigenvalue weighted by Crippen LogP contribution is 2.32. The van der Waals surface area contributed by atoms with Gasteiger partial charge in [-0.1, -0.05) is 31.7 Å². The molecule has 1 aliphatic heterocycles. The number of aromatic nitrogens is 4. The summed E-state index contributed by atoms with van der Waals surface area (Å²) in [5.41, 5.74) is 0.958. The predicted octanol–water partition coefficient (Wildman–Crippen LogP) is 1.85. The molecular weight excluding hydrogens is 342 g/mol. The lowest BCUT2D eigenvalue weighted by molar-refractivity contribution is -0.120. The normalized spacial score (nSPS) is 13.9. The van der Waals surface area contributed by atoms with E-state index in [1.807, 2.05) is 25.1 Å². The first-order valence-electron chi connectivity index (χ1n) is 8.12. The number of benzene rings is 1.